The van der Waals surface area contributed by atoms with Crippen LogP contribution >= 0.6 is 50.1 Å². The molecule has 0 heterocycles. The number of halogens is 3. The summed E-state index contributed by atoms with van der Waals surface area (Å²) in [6, 6.07) is 3.26. The number of phenolic OH excluding ortho intramolecular Hbond substituents is 1. The first-order valence-electron chi connectivity index (χ1n) is 3.34. The van der Waals surface area contributed by atoms with Crippen molar-refractivity contribution in [1.82, 2.24) is 0 Å². The van der Waals surface area contributed by atoms with Crippen LogP contribution in [0.25, 0.3) is 0 Å². The van der Waals surface area contributed by atoms with E-state index in [1.807, 2.05) is 22.6 Å². The summed E-state index contributed by atoms with van der Waals surface area (Å²) in [6.07, 6.45) is 0. The first kappa shape index (κ1) is 11.3. The van der Waals surface area contributed by atoms with Crippen LogP contribution in [0.5, 0.6) is 5.75 Å². The van der Waals surface area contributed by atoms with E-state index >= 15 is 0 Å². The molecule has 1 aromatic carbocycles. The average Bonchev–Trinajstić information content (AvgIpc) is 2.13. The van der Waals surface area contributed by atoms with Crippen LogP contribution in [0.2, 0.25) is 0 Å². The fraction of sp³-hybridized carbons (Fsp3) is 0.125. The molecule has 2 nitrogen and oxygen atoms in total. The van der Waals surface area contributed by atoms with Crippen LogP contribution in [-0.4, -0.2) is 16.8 Å². The van der Waals surface area contributed by atoms with E-state index in [9.17, 15) is 9.90 Å². The zero-order chi connectivity index (χ0) is 10.0. The van der Waals surface area contributed by atoms with Crippen LogP contribution in [0.4, 0.5) is 0 Å². The lowest BCUT2D eigenvalue weighted by Gasteiger charge is -2.04. The highest BCUT2D eigenvalue weighted by Crippen LogP contribution is 2.31. The number of hydrogen-bond donors (Lipinski definition) is 1. The molecule has 0 spiro atoms. The smallest absolute Gasteiger partial charge is 0.178 e. The van der Waals surface area contributed by atoms with Crippen molar-refractivity contribution >= 4 is 55.9 Å². The first-order chi connectivity index (χ1) is 6.07. The van der Waals surface area contributed by atoms with Gasteiger partial charge in [0.05, 0.1) is 13.9 Å². The van der Waals surface area contributed by atoms with E-state index < -0.39 is 0 Å². The third-order valence-electron chi connectivity index (χ3n) is 1.49. The van der Waals surface area contributed by atoms with Crippen LogP contribution in [0, 0.1) is 3.57 Å². The molecule has 0 aliphatic carbocycles. The number of hydrogen-bond acceptors (Lipinski definition) is 2. The maximum absolute atomic E-state index is 11.2. The fourth-order valence-electron chi connectivity index (χ4n) is 0.828. The minimum Gasteiger partial charge on any atom is -0.506 e. The van der Waals surface area contributed by atoms with Gasteiger partial charge in [-0.15, -0.1) is 11.6 Å². The van der Waals surface area contributed by atoms with Crippen LogP contribution in [0.3, 0.4) is 0 Å². The molecule has 0 amide bonds. The Morgan fingerprint density at radius 3 is 2.77 bits per heavy atom. The molecule has 0 aromatic heterocycles. The second-order valence-electron chi connectivity index (χ2n) is 2.31. The number of rotatable bonds is 2. The van der Waals surface area contributed by atoms with E-state index in [-0.39, 0.29) is 17.4 Å². The Hall–Kier alpha value is 0.190. The van der Waals surface area contributed by atoms with Crippen LogP contribution in [0.15, 0.2) is 16.6 Å². The number of benzene rings is 1. The summed E-state index contributed by atoms with van der Waals surface area (Å²) in [5.74, 6) is -0.178. The Bertz CT molecular complexity index is 354. The molecule has 1 N–H and O–H groups in total. The SMILES string of the molecule is O=C(CCl)c1ccc(Br)c(O)c1I. The van der Waals surface area contributed by atoms with Gasteiger partial charge < -0.3 is 5.11 Å². The molecule has 13 heavy (non-hydrogen) atoms. The van der Waals surface area contributed by atoms with Gasteiger partial charge in [-0.1, -0.05) is 0 Å². The van der Waals surface area contributed by atoms with E-state index in [0.29, 0.717) is 13.6 Å². The summed E-state index contributed by atoms with van der Waals surface area (Å²) in [5, 5.41) is 9.48. The molecule has 0 saturated heterocycles. The van der Waals surface area contributed by atoms with E-state index in [0.717, 1.165) is 0 Å². The van der Waals surface area contributed by atoms with Gasteiger partial charge in [0, 0.05) is 5.56 Å². The third-order valence-corrected chi connectivity index (χ3v) is 3.46. The number of carbonyl (C=O) groups is 1. The molecule has 70 valence electrons. The van der Waals surface area contributed by atoms with Crippen molar-refractivity contribution in [2.75, 3.05) is 5.88 Å². The van der Waals surface area contributed by atoms with Gasteiger partial charge in [0.15, 0.2) is 5.78 Å². The second kappa shape index (κ2) is 4.61. The number of aromatic hydroxyl groups is 1. The fourth-order valence-corrected chi connectivity index (χ4v) is 2.44. The number of phenols is 1. The molecule has 0 saturated carbocycles. The normalized spacial score (nSPS) is 10.1. The number of ketones is 1. The van der Waals surface area contributed by atoms with E-state index in [4.69, 9.17) is 11.6 Å². The quantitative estimate of drug-likeness (QED) is 0.490. The van der Waals surface area contributed by atoms with Gasteiger partial charge in [0.25, 0.3) is 0 Å². The van der Waals surface area contributed by atoms with Crippen LogP contribution in [0.1, 0.15) is 10.4 Å². The van der Waals surface area contributed by atoms with Crippen molar-refractivity contribution in [1.29, 1.82) is 0 Å². The highest BCUT2D eigenvalue weighted by molar-refractivity contribution is 14.1. The highest BCUT2D eigenvalue weighted by Gasteiger charge is 2.13. The maximum Gasteiger partial charge on any atom is 0.178 e. The lowest BCUT2D eigenvalue weighted by molar-refractivity contribution is 0.101. The van der Waals surface area contributed by atoms with Crippen molar-refractivity contribution in [2.24, 2.45) is 0 Å². The maximum atomic E-state index is 11.2. The molecular formula is C8H5BrClIO2. The predicted molar refractivity (Wildman–Crippen MR) is 63.6 cm³/mol. The highest BCUT2D eigenvalue weighted by atomic mass is 127. The zero-order valence-electron chi connectivity index (χ0n) is 6.35. The lowest BCUT2D eigenvalue weighted by atomic mass is 10.1. The average molecular weight is 375 g/mol. The van der Waals surface area contributed by atoms with Gasteiger partial charge in [-0.2, -0.15) is 0 Å². The van der Waals surface area contributed by atoms with Crippen molar-refractivity contribution < 1.29 is 9.90 Å². The Morgan fingerprint density at radius 2 is 2.23 bits per heavy atom. The molecular weight excluding hydrogens is 370 g/mol. The molecule has 5 heteroatoms. The van der Waals surface area contributed by atoms with Gasteiger partial charge in [-0.05, 0) is 50.7 Å². The van der Waals surface area contributed by atoms with Gasteiger partial charge in [-0.25, -0.2) is 0 Å². The summed E-state index contributed by atoms with van der Waals surface area (Å²) in [4.78, 5) is 11.2. The number of carbonyl (C=O) groups excluding carboxylic acids is 1. The molecule has 0 bridgehead atoms. The lowest BCUT2D eigenvalue weighted by Crippen LogP contribution is -2.02. The van der Waals surface area contributed by atoms with Crippen molar-refractivity contribution in [3.05, 3.63) is 25.7 Å². The van der Waals surface area contributed by atoms with E-state index in [1.165, 1.54) is 0 Å². The van der Waals surface area contributed by atoms with Crippen LogP contribution in [-0.2, 0) is 0 Å². The second-order valence-corrected chi connectivity index (χ2v) is 4.51. The number of Topliss-reactive ketones (excluding diaryl/α,β-unsaturated/α-hetero) is 1. The van der Waals surface area contributed by atoms with Gasteiger partial charge in [0.2, 0.25) is 0 Å². The number of alkyl halides is 1. The minimum atomic E-state index is -0.186. The molecule has 1 aromatic rings. The van der Waals surface area contributed by atoms with Crippen molar-refractivity contribution in [2.45, 2.75) is 0 Å². The van der Waals surface area contributed by atoms with Gasteiger partial charge in [0.1, 0.15) is 5.75 Å². The molecule has 1 rings (SSSR count). The summed E-state index contributed by atoms with van der Waals surface area (Å²) in [5.41, 5.74) is 0.455. The Kier molecular flexibility index (Phi) is 4.00. The Morgan fingerprint density at radius 1 is 1.62 bits per heavy atom. The molecule has 0 unspecified atom stereocenters. The molecule has 0 aliphatic rings. The Labute approximate surface area is 103 Å². The summed E-state index contributed by atoms with van der Waals surface area (Å²) < 4.78 is 1.10. The van der Waals surface area contributed by atoms with Crippen molar-refractivity contribution in [3.8, 4) is 5.75 Å². The molecule has 0 aliphatic heterocycles. The zero-order valence-corrected chi connectivity index (χ0v) is 10.9. The summed E-state index contributed by atoms with van der Waals surface area (Å²) in [6.45, 7) is 0. The predicted octanol–water partition coefficient (Wildman–Crippen LogP) is 3.18. The summed E-state index contributed by atoms with van der Waals surface area (Å²) in [7, 11) is 0. The van der Waals surface area contributed by atoms with E-state index in [2.05, 4.69) is 15.9 Å². The molecule has 0 radical (unpaired) electrons. The van der Waals surface area contributed by atoms with Gasteiger partial charge >= 0.3 is 0 Å². The largest absolute Gasteiger partial charge is 0.506 e. The summed E-state index contributed by atoms with van der Waals surface area (Å²) >= 11 is 10.5. The Balaban J connectivity index is 3.26. The molecule has 0 fully saturated rings. The topological polar surface area (TPSA) is 37.3 Å². The van der Waals surface area contributed by atoms with Crippen molar-refractivity contribution in [3.63, 3.8) is 0 Å². The van der Waals surface area contributed by atoms with Crippen LogP contribution < -0.4 is 0 Å². The monoisotopic (exact) mass is 374 g/mol. The molecule has 0 atom stereocenters. The van der Waals surface area contributed by atoms with E-state index in [1.54, 1.807) is 12.1 Å². The van der Waals surface area contributed by atoms with Gasteiger partial charge in [-0.3, -0.25) is 4.79 Å². The minimum absolute atomic E-state index is 0.0723. The standard InChI is InChI=1S/C8H5BrClIO2/c9-5-2-1-4(6(12)3-10)7(11)8(5)13/h1-2,13H,3H2. The third kappa shape index (κ3) is 2.35. The first-order valence-corrected chi connectivity index (χ1v) is 5.74.